The van der Waals surface area contributed by atoms with Crippen molar-refractivity contribution in [1.29, 1.82) is 0 Å². The smallest absolute Gasteiger partial charge is 0.410 e. The standard InChI is InChI=1S/C18H26N2O5/c1-3-14-11-24-18(22)20(14)15-6-8-19(9-7-15)10-16-4-5-17(25-16)12-23-13(2)21/h4-5,14-15H,3,6-12H2,1-2H3. The number of nitrogens with zero attached hydrogens (tertiary/aromatic N) is 2. The lowest BCUT2D eigenvalue weighted by Crippen LogP contribution is -2.48. The van der Waals surface area contributed by atoms with Crippen LogP contribution in [-0.4, -0.2) is 53.6 Å². The fourth-order valence-electron chi connectivity index (χ4n) is 3.57. The number of hydrogen-bond acceptors (Lipinski definition) is 6. The Hall–Kier alpha value is -2.02. The van der Waals surface area contributed by atoms with Gasteiger partial charge in [-0.15, -0.1) is 0 Å². The number of cyclic esters (lactones) is 1. The molecular formula is C18H26N2O5. The van der Waals surface area contributed by atoms with Gasteiger partial charge in [0.25, 0.3) is 0 Å². The summed E-state index contributed by atoms with van der Waals surface area (Å²) in [6.45, 7) is 6.75. The van der Waals surface area contributed by atoms with E-state index in [0.29, 0.717) is 12.4 Å². The third-order valence-corrected chi connectivity index (χ3v) is 4.94. The molecule has 1 aromatic rings. The number of amides is 1. The molecule has 0 aromatic carbocycles. The third-order valence-electron chi connectivity index (χ3n) is 4.94. The number of ether oxygens (including phenoxy) is 2. The van der Waals surface area contributed by atoms with Gasteiger partial charge in [0, 0.05) is 26.1 Å². The summed E-state index contributed by atoms with van der Waals surface area (Å²) in [6, 6.07) is 4.26. The van der Waals surface area contributed by atoms with Crippen LogP contribution >= 0.6 is 0 Å². The molecule has 0 aliphatic carbocycles. The molecule has 1 unspecified atom stereocenters. The number of carbonyl (C=O) groups is 2. The van der Waals surface area contributed by atoms with Gasteiger partial charge in [0.15, 0.2) is 0 Å². The molecule has 25 heavy (non-hydrogen) atoms. The molecule has 2 aliphatic heterocycles. The van der Waals surface area contributed by atoms with Crippen LogP contribution in [0.5, 0.6) is 0 Å². The molecule has 0 N–H and O–H groups in total. The van der Waals surface area contributed by atoms with E-state index in [2.05, 4.69) is 11.8 Å². The molecule has 7 heteroatoms. The van der Waals surface area contributed by atoms with E-state index in [1.54, 1.807) is 0 Å². The van der Waals surface area contributed by atoms with Gasteiger partial charge in [-0.2, -0.15) is 0 Å². The van der Waals surface area contributed by atoms with Crippen molar-refractivity contribution < 1.29 is 23.5 Å². The predicted molar refractivity (Wildman–Crippen MR) is 89.7 cm³/mol. The van der Waals surface area contributed by atoms with Gasteiger partial charge in [-0.3, -0.25) is 14.6 Å². The maximum Gasteiger partial charge on any atom is 0.410 e. The molecule has 1 amide bonds. The molecule has 2 saturated heterocycles. The molecule has 3 heterocycles. The van der Waals surface area contributed by atoms with Crippen molar-refractivity contribution in [1.82, 2.24) is 9.80 Å². The Morgan fingerprint density at radius 3 is 2.68 bits per heavy atom. The van der Waals surface area contributed by atoms with Crippen molar-refractivity contribution >= 4 is 12.1 Å². The molecule has 138 valence electrons. The van der Waals surface area contributed by atoms with Crippen LogP contribution in [0.4, 0.5) is 4.79 Å². The first-order valence-electron chi connectivity index (χ1n) is 8.95. The van der Waals surface area contributed by atoms with Gasteiger partial charge < -0.3 is 13.9 Å². The van der Waals surface area contributed by atoms with E-state index < -0.39 is 0 Å². The second kappa shape index (κ2) is 7.91. The first-order valence-corrected chi connectivity index (χ1v) is 8.95. The zero-order valence-corrected chi connectivity index (χ0v) is 14.9. The molecule has 2 fully saturated rings. The lowest BCUT2D eigenvalue weighted by molar-refractivity contribution is -0.142. The van der Waals surface area contributed by atoms with Gasteiger partial charge in [0.2, 0.25) is 0 Å². The van der Waals surface area contributed by atoms with Crippen LogP contribution in [0, 0.1) is 0 Å². The van der Waals surface area contributed by atoms with Gasteiger partial charge in [0.05, 0.1) is 12.6 Å². The van der Waals surface area contributed by atoms with E-state index in [4.69, 9.17) is 13.9 Å². The molecule has 2 aliphatic rings. The second-order valence-electron chi connectivity index (χ2n) is 6.70. The predicted octanol–water partition coefficient (Wildman–Crippen LogP) is 2.54. The first-order chi connectivity index (χ1) is 12.1. The summed E-state index contributed by atoms with van der Waals surface area (Å²) in [6.07, 6.45) is 2.68. The average Bonchev–Trinajstić information content (AvgIpc) is 3.20. The maximum absolute atomic E-state index is 12.0. The van der Waals surface area contributed by atoms with Crippen molar-refractivity contribution in [2.45, 2.75) is 58.3 Å². The van der Waals surface area contributed by atoms with Gasteiger partial charge >= 0.3 is 12.1 Å². The second-order valence-corrected chi connectivity index (χ2v) is 6.70. The summed E-state index contributed by atoms with van der Waals surface area (Å²) in [5.74, 6) is 1.21. The number of rotatable bonds is 6. The van der Waals surface area contributed by atoms with Gasteiger partial charge in [-0.25, -0.2) is 4.79 Å². The van der Waals surface area contributed by atoms with E-state index in [1.165, 1.54) is 6.92 Å². The molecule has 0 spiro atoms. The number of esters is 1. The highest BCUT2D eigenvalue weighted by Crippen LogP contribution is 2.26. The summed E-state index contributed by atoms with van der Waals surface area (Å²) in [5.41, 5.74) is 0. The number of likely N-dealkylation sites (tertiary alicyclic amines) is 1. The van der Waals surface area contributed by atoms with E-state index in [-0.39, 0.29) is 30.8 Å². The molecule has 7 nitrogen and oxygen atoms in total. The van der Waals surface area contributed by atoms with Gasteiger partial charge in [-0.1, -0.05) is 6.92 Å². The number of hydrogen-bond donors (Lipinski definition) is 0. The minimum Gasteiger partial charge on any atom is -0.461 e. The fourth-order valence-corrected chi connectivity index (χ4v) is 3.57. The lowest BCUT2D eigenvalue weighted by atomic mass is 10.0. The summed E-state index contributed by atoms with van der Waals surface area (Å²) < 4.78 is 15.9. The Morgan fingerprint density at radius 1 is 1.28 bits per heavy atom. The number of furan rings is 1. The van der Waals surface area contributed by atoms with Crippen LogP contribution < -0.4 is 0 Å². The van der Waals surface area contributed by atoms with Crippen molar-refractivity contribution in [3.8, 4) is 0 Å². The zero-order chi connectivity index (χ0) is 17.8. The van der Waals surface area contributed by atoms with Crippen LogP contribution in [0.2, 0.25) is 0 Å². The molecular weight excluding hydrogens is 324 g/mol. The minimum atomic E-state index is -0.314. The molecule has 1 aromatic heterocycles. The molecule has 0 saturated carbocycles. The van der Waals surface area contributed by atoms with Crippen molar-refractivity contribution in [2.24, 2.45) is 0 Å². The van der Waals surface area contributed by atoms with E-state index >= 15 is 0 Å². The van der Waals surface area contributed by atoms with Gasteiger partial charge in [0.1, 0.15) is 24.7 Å². The lowest BCUT2D eigenvalue weighted by Gasteiger charge is -2.37. The molecule has 0 bridgehead atoms. The van der Waals surface area contributed by atoms with Crippen LogP contribution in [0.15, 0.2) is 16.5 Å². The van der Waals surface area contributed by atoms with Crippen molar-refractivity contribution in [3.63, 3.8) is 0 Å². The Kier molecular flexibility index (Phi) is 5.63. The van der Waals surface area contributed by atoms with E-state index in [1.807, 2.05) is 17.0 Å². The van der Waals surface area contributed by atoms with Crippen LogP contribution in [0.25, 0.3) is 0 Å². The minimum absolute atomic E-state index is 0.161. The topological polar surface area (TPSA) is 72.2 Å². The normalized spacial score (nSPS) is 22.2. The maximum atomic E-state index is 12.0. The summed E-state index contributed by atoms with van der Waals surface area (Å²) >= 11 is 0. The van der Waals surface area contributed by atoms with E-state index in [9.17, 15) is 9.59 Å². The van der Waals surface area contributed by atoms with Gasteiger partial charge in [-0.05, 0) is 31.4 Å². The van der Waals surface area contributed by atoms with Crippen molar-refractivity contribution in [3.05, 3.63) is 23.7 Å². The van der Waals surface area contributed by atoms with Crippen molar-refractivity contribution in [2.75, 3.05) is 19.7 Å². The zero-order valence-electron chi connectivity index (χ0n) is 14.9. The quantitative estimate of drug-likeness (QED) is 0.734. The largest absolute Gasteiger partial charge is 0.461 e. The fraction of sp³-hybridized carbons (Fsp3) is 0.667. The first kappa shape index (κ1) is 17.8. The van der Waals surface area contributed by atoms with Crippen LogP contribution in [0.3, 0.4) is 0 Å². The highest BCUT2D eigenvalue weighted by atomic mass is 16.6. The Bertz CT molecular complexity index is 606. The van der Waals surface area contributed by atoms with Crippen LogP contribution in [-0.2, 0) is 27.4 Å². The van der Waals surface area contributed by atoms with E-state index in [0.717, 1.165) is 44.7 Å². The SMILES string of the molecule is CCC1COC(=O)N1C1CCN(Cc2ccc(COC(C)=O)o2)CC1. The summed E-state index contributed by atoms with van der Waals surface area (Å²) in [7, 11) is 0. The highest BCUT2D eigenvalue weighted by Gasteiger charge is 2.38. The summed E-state index contributed by atoms with van der Waals surface area (Å²) in [5, 5.41) is 0. The average molecular weight is 350 g/mol. The molecule has 1 atom stereocenters. The van der Waals surface area contributed by atoms with Crippen LogP contribution in [0.1, 0.15) is 44.6 Å². The summed E-state index contributed by atoms with van der Waals surface area (Å²) in [4.78, 5) is 27.1. The molecule has 0 radical (unpaired) electrons. The number of piperidine rings is 1. The monoisotopic (exact) mass is 350 g/mol. The Morgan fingerprint density at radius 2 is 2.00 bits per heavy atom. The Labute approximate surface area is 147 Å². The number of carbonyl (C=O) groups excluding carboxylic acids is 2. The third kappa shape index (κ3) is 4.34. The Balaban J connectivity index is 1.48. The highest BCUT2D eigenvalue weighted by molar-refractivity contribution is 5.70. The molecule has 3 rings (SSSR count).